The predicted molar refractivity (Wildman–Crippen MR) is 29.4 cm³/mol. The molecule has 0 N–H and O–H groups in total. The van der Waals surface area contributed by atoms with E-state index in [9.17, 15) is 0 Å². The number of rotatable bonds is 2. The van der Waals surface area contributed by atoms with Gasteiger partial charge in [-0.1, -0.05) is 13.3 Å². The Morgan fingerprint density at radius 1 is 1.50 bits per heavy atom. The van der Waals surface area contributed by atoms with Gasteiger partial charge in [-0.25, -0.2) is 0 Å². The fourth-order valence-corrected chi connectivity index (χ4v) is 0.750. The van der Waals surface area contributed by atoms with Crippen molar-refractivity contribution in [2.45, 2.75) is 13.3 Å². The van der Waals surface area contributed by atoms with E-state index in [-0.39, 0.29) is 25.8 Å². The van der Waals surface area contributed by atoms with Crippen molar-refractivity contribution >= 4 is 8.58 Å². The summed E-state index contributed by atoms with van der Waals surface area (Å²) < 4.78 is 0. The van der Waals surface area contributed by atoms with E-state index >= 15 is 0 Å². The summed E-state index contributed by atoms with van der Waals surface area (Å²) in [5.74, 6) is 0. The summed E-state index contributed by atoms with van der Waals surface area (Å²) in [5, 5.41) is 0. The SMILES string of the molecule is CCCPC.[Sc]. The molecule has 0 bridgehead atoms. The maximum Gasteiger partial charge on any atom is 0 e. The average molecular weight is 135 g/mol. The average Bonchev–Trinajstić information content (AvgIpc) is 1.41. The van der Waals surface area contributed by atoms with Crippen LogP contribution in [0.1, 0.15) is 13.3 Å². The minimum Gasteiger partial charge on any atom is -0.125 e. The first kappa shape index (κ1) is 10.3. The topological polar surface area (TPSA) is 0 Å². The minimum atomic E-state index is 0. The van der Waals surface area contributed by atoms with Gasteiger partial charge < -0.3 is 0 Å². The molecule has 0 rings (SSSR count). The van der Waals surface area contributed by atoms with Gasteiger partial charge in [-0.15, -0.1) is 8.58 Å². The molecule has 0 aliphatic heterocycles. The quantitative estimate of drug-likeness (QED) is 0.505. The third kappa shape index (κ3) is 9.00. The summed E-state index contributed by atoms with van der Waals surface area (Å²) >= 11 is 0. The summed E-state index contributed by atoms with van der Waals surface area (Å²) in [5.41, 5.74) is 0. The molecule has 1 unspecified atom stereocenters. The maximum atomic E-state index is 2.24. The van der Waals surface area contributed by atoms with Crippen LogP contribution in [-0.4, -0.2) is 12.8 Å². The standard InChI is InChI=1S/C4H11P.Sc/c1-3-4-5-2;/h5H,3-4H2,1-2H3;. The molecule has 6 heavy (non-hydrogen) atoms. The first-order valence-corrected chi connectivity index (χ1v) is 3.77. The maximum absolute atomic E-state index is 2.24. The molecule has 0 aromatic rings. The molecule has 0 spiro atoms. The van der Waals surface area contributed by atoms with Crippen LogP contribution in [0.25, 0.3) is 0 Å². The van der Waals surface area contributed by atoms with E-state index in [0.717, 1.165) is 8.58 Å². The van der Waals surface area contributed by atoms with Crippen LogP contribution in [0.5, 0.6) is 0 Å². The molecule has 0 heterocycles. The van der Waals surface area contributed by atoms with Crippen LogP contribution in [0.3, 0.4) is 0 Å². The van der Waals surface area contributed by atoms with Crippen LogP contribution in [0, 0.1) is 0 Å². The van der Waals surface area contributed by atoms with Gasteiger partial charge in [-0.2, -0.15) is 0 Å². The largest absolute Gasteiger partial charge is 0.125 e. The summed E-state index contributed by atoms with van der Waals surface area (Å²) in [6, 6.07) is 0. The van der Waals surface area contributed by atoms with Gasteiger partial charge in [0, 0.05) is 25.8 Å². The first-order chi connectivity index (χ1) is 2.41. The Labute approximate surface area is 60.7 Å². The summed E-state index contributed by atoms with van der Waals surface area (Å²) in [7, 11) is 1.16. The van der Waals surface area contributed by atoms with Gasteiger partial charge in [0.2, 0.25) is 0 Å². The van der Waals surface area contributed by atoms with Gasteiger partial charge in [-0.05, 0) is 12.8 Å². The predicted octanol–water partition coefficient (Wildman–Crippen LogP) is 1.70. The van der Waals surface area contributed by atoms with Crippen molar-refractivity contribution in [2.75, 3.05) is 12.8 Å². The molecular formula is C4H11PSc. The molecule has 35 valence electrons. The molecule has 0 aliphatic carbocycles. The van der Waals surface area contributed by atoms with Crippen molar-refractivity contribution in [1.29, 1.82) is 0 Å². The zero-order valence-electron chi connectivity index (χ0n) is 4.49. The van der Waals surface area contributed by atoms with Gasteiger partial charge in [0.25, 0.3) is 0 Å². The monoisotopic (exact) mass is 135 g/mol. The Kier molecular flexibility index (Phi) is 16.5. The molecule has 1 radical (unpaired) electrons. The second-order valence-electron chi connectivity index (χ2n) is 1.10. The van der Waals surface area contributed by atoms with E-state index in [4.69, 9.17) is 0 Å². The van der Waals surface area contributed by atoms with Crippen LogP contribution in [0.4, 0.5) is 0 Å². The van der Waals surface area contributed by atoms with Crippen LogP contribution < -0.4 is 0 Å². The van der Waals surface area contributed by atoms with Crippen LogP contribution in [0.15, 0.2) is 0 Å². The molecule has 0 nitrogen and oxygen atoms in total. The van der Waals surface area contributed by atoms with E-state index in [1.165, 1.54) is 12.6 Å². The smallest absolute Gasteiger partial charge is 0 e. The molecule has 2 heteroatoms. The van der Waals surface area contributed by atoms with E-state index in [0.29, 0.717) is 0 Å². The molecule has 0 saturated heterocycles. The van der Waals surface area contributed by atoms with Crippen LogP contribution >= 0.6 is 8.58 Å². The zero-order valence-corrected chi connectivity index (χ0v) is 7.29. The van der Waals surface area contributed by atoms with Gasteiger partial charge >= 0.3 is 0 Å². The van der Waals surface area contributed by atoms with Crippen molar-refractivity contribution in [3.63, 3.8) is 0 Å². The molecule has 0 saturated carbocycles. The molecule has 1 atom stereocenters. The zero-order chi connectivity index (χ0) is 4.12. The van der Waals surface area contributed by atoms with Gasteiger partial charge in [0.1, 0.15) is 0 Å². The normalized spacial score (nSPS) is 9.00. The molecule has 0 aliphatic rings. The van der Waals surface area contributed by atoms with Crippen molar-refractivity contribution in [2.24, 2.45) is 0 Å². The second kappa shape index (κ2) is 9.57. The Morgan fingerprint density at radius 3 is 2.00 bits per heavy atom. The third-order valence-corrected chi connectivity index (χ3v) is 1.50. The molecule has 0 aromatic heterocycles. The van der Waals surface area contributed by atoms with Crippen molar-refractivity contribution in [3.05, 3.63) is 0 Å². The van der Waals surface area contributed by atoms with Crippen molar-refractivity contribution in [1.82, 2.24) is 0 Å². The van der Waals surface area contributed by atoms with Crippen LogP contribution in [-0.2, 0) is 25.8 Å². The van der Waals surface area contributed by atoms with E-state index < -0.39 is 0 Å². The minimum absolute atomic E-state index is 0. The van der Waals surface area contributed by atoms with Gasteiger partial charge in [-0.3, -0.25) is 0 Å². The Hall–Kier alpha value is 1.30. The Balaban J connectivity index is 0. The second-order valence-corrected chi connectivity index (χ2v) is 2.31. The van der Waals surface area contributed by atoms with Gasteiger partial charge in [0.15, 0.2) is 0 Å². The number of hydrogen-bond acceptors (Lipinski definition) is 0. The van der Waals surface area contributed by atoms with Crippen LogP contribution in [0.2, 0.25) is 0 Å². The Bertz CT molecular complexity index is 15.0. The first-order valence-electron chi connectivity index (χ1n) is 2.06. The Morgan fingerprint density at radius 2 is 2.00 bits per heavy atom. The van der Waals surface area contributed by atoms with E-state index in [1.807, 2.05) is 0 Å². The summed E-state index contributed by atoms with van der Waals surface area (Å²) in [6.45, 7) is 4.46. The summed E-state index contributed by atoms with van der Waals surface area (Å²) in [6.07, 6.45) is 2.77. The van der Waals surface area contributed by atoms with Gasteiger partial charge in [0.05, 0.1) is 0 Å². The van der Waals surface area contributed by atoms with E-state index in [2.05, 4.69) is 13.6 Å². The number of hydrogen-bond donors (Lipinski definition) is 0. The fourth-order valence-electron chi connectivity index (χ4n) is 0.250. The van der Waals surface area contributed by atoms with E-state index in [1.54, 1.807) is 0 Å². The molecule has 0 amide bonds. The van der Waals surface area contributed by atoms with Crippen molar-refractivity contribution < 1.29 is 25.8 Å². The molecule has 0 fully saturated rings. The third-order valence-electron chi connectivity index (χ3n) is 0.500. The molecular weight excluding hydrogens is 124 g/mol. The summed E-state index contributed by atoms with van der Waals surface area (Å²) in [4.78, 5) is 0. The van der Waals surface area contributed by atoms with Crippen molar-refractivity contribution in [3.8, 4) is 0 Å². The molecule has 0 aromatic carbocycles. The fraction of sp³-hybridized carbons (Fsp3) is 1.00.